The molecule has 1 aliphatic heterocycles. The molecule has 0 aliphatic carbocycles. The van der Waals surface area contributed by atoms with Crippen LogP contribution < -0.4 is 5.32 Å². The van der Waals surface area contributed by atoms with E-state index in [-0.39, 0.29) is 11.5 Å². The van der Waals surface area contributed by atoms with E-state index in [2.05, 4.69) is 42.2 Å². The van der Waals surface area contributed by atoms with Crippen LogP contribution in [0.25, 0.3) is 0 Å². The summed E-state index contributed by atoms with van der Waals surface area (Å²) in [5.41, 5.74) is 2.05. The van der Waals surface area contributed by atoms with Crippen LogP contribution >= 0.6 is 0 Å². The molecule has 110 valence electrons. The van der Waals surface area contributed by atoms with Gasteiger partial charge in [-0.1, -0.05) is 20.8 Å². The number of rotatable bonds is 2. The molecule has 2 heterocycles. The summed E-state index contributed by atoms with van der Waals surface area (Å²) >= 11 is 0. The number of hydrogen-bond donors (Lipinski definition) is 1. The topological polar surface area (TPSA) is 56.9 Å². The van der Waals surface area contributed by atoms with Crippen molar-refractivity contribution < 1.29 is 0 Å². The van der Waals surface area contributed by atoms with E-state index in [0.717, 1.165) is 43.9 Å². The molecule has 2 rings (SSSR count). The average molecular weight is 275 g/mol. The van der Waals surface area contributed by atoms with Gasteiger partial charge in [-0.15, -0.1) is 0 Å². The van der Waals surface area contributed by atoms with E-state index >= 15 is 0 Å². The Morgan fingerprint density at radius 3 is 2.75 bits per heavy atom. The highest BCUT2D eigenvalue weighted by Crippen LogP contribution is 2.31. The lowest BCUT2D eigenvalue weighted by Crippen LogP contribution is -2.32. The summed E-state index contributed by atoms with van der Waals surface area (Å²) in [5, 5.41) is 17.7. The zero-order valence-electron chi connectivity index (χ0n) is 13.0. The molecule has 0 spiro atoms. The van der Waals surface area contributed by atoms with Crippen molar-refractivity contribution in [3.63, 3.8) is 0 Å². The Morgan fingerprint density at radius 2 is 2.10 bits per heavy atom. The van der Waals surface area contributed by atoms with Crippen LogP contribution in [0.5, 0.6) is 0 Å². The molecule has 0 aromatic carbocycles. The fourth-order valence-electron chi connectivity index (χ4n) is 2.76. The van der Waals surface area contributed by atoms with E-state index in [1.165, 1.54) is 0 Å². The summed E-state index contributed by atoms with van der Waals surface area (Å²) in [6.07, 6.45) is 3.09. The molecule has 1 fully saturated rings. The van der Waals surface area contributed by atoms with Crippen molar-refractivity contribution in [2.75, 3.05) is 26.2 Å². The first-order valence-electron chi connectivity index (χ1n) is 7.32. The first-order chi connectivity index (χ1) is 9.43. The molecule has 5 heteroatoms. The molecule has 20 heavy (non-hydrogen) atoms. The van der Waals surface area contributed by atoms with Gasteiger partial charge in [-0.25, -0.2) is 0 Å². The Hall–Kier alpha value is -1.38. The van der Waals surface area contributed by atoms with Gasteiger partial charge in [-0.2, -0.15) is 10.4 Å². The van der Waals surface area contributed by atoms with Gasteiger partial charge in [0.05, 0.1) is 11.8 Å². The number of hydrogen-bond acceptors (Lipinski definition) is 4. The molecule has 1 saturated heterocycles. The van der Waals surface area contributed by atoms with Crippen molar-refractivity contribution in [1.82, 2.24) is 20.0 Å². The van der Waals surface area contributed by atoms with Crippen LogP contribution in [0.3, 0.4) is 0 Å². The van der Waals surface area contributed by atoms with E-state index in [0.29, 0.717) is 0 Å². The van der Waals surface area contributed by atoms with E-state index < -0.39 is 0 Å². The highest BCUT2D eigenvalue weighted by atomic mass is 15.3. The van der Waals surface area contributed by atoms with Crippen molar-refractivity contribution >= 4 is 0 Å². The van der Waals surface area contributed by atoms with E-state index in [1.54, 1.807) is 0 Å². The van der Waals surface area contributed by atoms with E-state index in [1.807, 2.05) is 17.9 Å². The summed E-state index contributed by atoms with van der Waals surface area (Å²) in [6, 6.07) is 2.29. The number of nitrogens with zero attached hydrogens (tertiary/aromatic N) is 4. The first-order valence-corrected chi connectivity index (χ1v) is 7.32. The van der Waals surface area contributed by atoms with Crippen molar-refractivity contribution in [2.24, 2.45) is 7.05 Å². The van der Waals surface area contributed by atoms with Crippen LogP contribution in [0, 0.1) is 11.3 Å². The molecule has 1 atom stereocenters. The maximum atomic E-state index is 9.67. The maximum absolute atomic E-state index is 9.67. The molecule has 1 N–H and O–H groups in total. The lowest BCUT2D eigenvalue weighted by molar-refractivity contribution is 0.250. The molecular formula is C15H25N5. The van der Waals surface area contributed by atoms with Crippen LogP contribution in [0.4, 0.5) is 0 Å². The molecule has 1 aliphatic rings. The smallest absolute Gasteiger partial charge is 0.127 e. The fourth-order valence-corrected chi connectivity index (χ4v) is 2.76. The molecule has 1 aromatic heterocycles. The molecular weight excluding hydrogens is 250 g/mol. The van der Waals surface area contributed by atoms with Crippen molar-refractivity contribution in [1.29, 1.82) is 5.26 Å². The van der Waals surface area contributed by atoms with Crippen LogP contribution in [-0.4, -0.2) is 40.9 Å². The number of nitriles is 1. The molecule has 0 amide bonds. The van der Waals surface area contributed by atoms with Crippen molar-refractivity contribution in [3.05, 3.63) is 17.5 Å². The van der Waals surface area contributed by atoms with E-state index in [4.69, 9.17) is 0 Å². The highest BCUT2D eigenvalue weighted by Gasteiger charge is 2.30. The van der Waals surface area contributed by atoms with Gasteiger partial charge in [0.25, 0.3) is 0 Å². The minimum absolute atomic E-state index is 0.0458. The SMILES string of the molecule is Cn1cc(C(C#N)N2CCCNCC2)c(C(C)(C)C)n1. The quantitative estimate of drug-likeness (QED) is 0.890. The van der Waals surface area contributed by atoms with Gasteiger partial charge < -0.3 is 5.32 Å². The second-order valence-electron chi connectivity index (χ2n) is 6.53. The van der Waals surface area contributed by atoms with Gasteiger partial charge >= 0.3 is 0 Å². The highest BCUT2D eigenvalue weighted by molar-refractivity contribution is 5.31. The number of aromatic nitrogens is 2. The molecule has 5 nitrogen and oxygen atoms in total. The summed E-state index contributed by atoms with van der Waals surface area (Å²) < 4.78 is 1.83. The van der Waals surface area contributed by atoms with Crippen LogP contribution in [0.2, 0.25) is 0 Å². The molecule has 0 radical (unpaired) electrons. The monoisotopic (exact) mass is 275 g/mol. The number of nitrogens with one attached hydrogen (secondary N) is 1. The lowest BCUT2D eigenvalue weighted by Gasteiger charge is -2.27. The Bertz CT molecular complexity index is 483. The minimum atomic E-state index is -0.196. The molecule has 0 saturated carbocycles. The number of aryl methyl sites for hydroxylation is 1. The summed E-state index contributed by atoms with van der Waals surface area (Å²) in [4.78, 5) is 2.27. The Balaban J connectivity index is 2.34. The lowest BCUT2D eigenvalue weighted by atomic mass is 9.87. The molecule has 1 unspecified atom stereocenters. The predicted octanol–water partition coefficient (Wildman–Crippen LogP) is 1.58. The maximum Gasteiger partial charge on any atom is 0.127 e. The summed E-state index contributed by atoms with van der Waals surface area (Å²) in [6.45, 7) is 10.3. The van der Waals surface area contributed by atoms with Crippen LogP contribution in [0.15, 0.2) is 6.20 Å². The zero-order valence-corrected chi connectivity index (χ0v) is 13.0. The zero-order chi connectivity index (χ0) is 14.8. The third-order valence-electron chi connectivity index (χ3n) is 3.72. The molecule has 0 bridgehead atoms. The summed E-state index contributed by atoms with van der Waals surface area (Å²) in [5.74, 6) is 0. The third-order valence-corrected chi connectivity index (χ3v) is 3.72. The third kappa shape index (κ3) is 3.20. The fraction of sp³-hybridized carbons (Fsp3) is 0.733. The standard InChI is InChI=1S/C15H25N5/c1-15(2,3)14-12(11-19(4)18-14)13(10-16)20-8-5-6-17-7-9-20/h11,13,17H,5-9H2,1-4H3. The first kappa shape index (κ1) is 15.0. The Labute approximate surface area is 121 Å². The van der Waals surface area contributed by atoms with Crippen LogP contribution in [0.1, 0.15) is 44.5 Å². The average Bonchev–Trinajstić information content (AvgIpc) is 2.61. The molecule has 1 aromatic rings. The Kier molecular flexibility index (Phi) is 4.46. The predicted molar refractivity (Wildman–Crippen MR) is 79.3 cm³/mol. The van der Waals surface area contributed by atoms with Gasteiger partial charge in [0.15, 0.2) is 0 Å². The van der Waals surface area contributed by atoms with Crippen molar-refractivity contribution in [2.45, 2.75) is 38.6 Å². The van der Waals surface area contributed by atoms with E-state index in [9.17, 15) is 5.26 Å². The van der Waals surface area contributed by atoms with Gasteiger partial charge in [-0.05, 0) is 13.0 Å². The van der Waals surface area contributed by atoms with Crippen LogP contribution in [-0.2, 0) is 12.5 Å². The summed E-state index contributed by atoms with van der Waals surface area (Å²) in [7, 11) is 1.93. The van der Waals surface area contributed by atoms with Gasteiger partial charge in [0.2, 0.25) is 0 Å². The largest absolute Gasteiger partial charge is 0.315 e. The minimum Gasteiger partial charge on any atom is -0.315 e. The second kappa shape index (κ2) is 5.94. The van der Waals surface area contributed by atoms with Gasteiger partial charge in [-0.3, -0.25) is 9.58 Å². The van der Waals surface area contributed by atoms with Gasteiger partial charge in [0, 0.05) is 43.9 Å². The van der Waals surface area contributed by atoms with Crippen molar-refractivity contribution in [3.8, 4) is 6.07 Å². The second-order valence-corrected chi connectivity index (χ2v) is 6.53. The normalized spacial score (nSPS) is 19.4. The van der Waals surface area contributed by atoms with Gasteiger partial charge in [0.1, 0.15) is 6.04 Å². The Morgan fingerprint density at radius 1 is 1.35 bits per heavy atom.